The molecule has 3 rings (SSSR count). The molecule has 11 heteroatoms. The van der Waals surface area contributed by atoms with Crippen molar-refractivity contribution in [3.05, 3.63) is 52.8 Å². The fourth-order valence-corrected chi connectivity index (χ4v) is 3.55. The molecule has 3 amide bonds. The van der Waals surface area contributed by atoms with E-state index in [1.165, 1.54) is 4.68 Å². The molecule has 3 N–H and O–H groups in total. The van der Waals surface area contributed by atoms with Crippen molar-refractivity contribution in [2.24, 2.45) is 14.1 Å². The van der Waals surface area contributed by atoms with Gasteiger partial charge < -0.3 is 25.4 Å². The topological polar surface area (TPSA) is 113 Å². The average Bonchev–Trinajstić information content (AvgIpc) is 3.30. The first kappa shape index (κ1) is 25.2. The van der Waals surface area contributed by atoms with Crippen LogP contribution in [0, 0.1) is 0 Å². The molecule has 2 heterocycles. The molecule has 0 aliphatic heterocycles. The maximum atomic E-state index is 12.9. The van der Waals surface area contributed by atoms with Crippen LogP contribution in [0.3, 0.4) is 0 Å². The maximum Gasteiger partial charge on any atom is 0.273 e. The van der Waals surface area contributed by atoms with Gasteiger partial charge in [-0.2, -0.15) is 5.10 Å². The van der Waals surface area contributed by atoms with E-state index in [0.29, 0.717) is 23.6 Å². The number of anilines is 2. The number of aryl methyl sites for hydroxylation is 2. The highest BCUT2D eigenvalue weighted by atomic mass is 79.9. The molecule has 0 saturated heterocycles. The summed E-state index contributed by atoms with van der Waals surface area (Å²) in [4.78, 5) is 39.3. The zero-order valence-corrected chi connectivity index (χ0v) is 21.2. The summed E-state index contributed by atoms with van der Waals surface area (Å²) in [5.41, 5.74) is 2.16. The minimum atomic E-state index is -0.367. The summed E-state index contributed by atoms with van der Waals surface area (Å²) in [6, 6.07) is 8.62. The summed E-state index contributed by atoms with van der Waals surface area (Å²) >= 11 is 3.05. The van der Waals surface area contributed by atoms with Crippen LogP contribution in [0.2, 0.25) is 0 Å². The van der Waals surface area contributed by atoms with Gasteiger partial charge in [-0.1, -0.05) is 6.58 Å². The van der Waals surface area contributed by atoms with E-state index in [9.17, 15) is 14.4 Å². The number of carbonyl (C=O) groups excluding carboxylic acids is 3. The number of nitrogens with zero attached hydrogens (tertiary/aromatic N) is 4. The molecule has 0 saturated carbocycles. The van der Waals surface area contributed by atoms with Gasteiger partial charge >= 0.3 is 0 Å². The Morgan fingerprint density at radius 2 is 1.79 bits per heavy atom. The summed E-state index contributed by atoms with van der Waals surface area (Å²) < 4.78 is 3.41. The van der Waals surface area contributed by atoms with Crippen molar-refractivity contribution in [3.63, 3.8) is 0 Å². The zero-order valence-electron chi connectivity index (χ0n) is 19.6. The van der Waals surface area contributed by atoms with Crippen molar-refractivity contribution in [3.8, 4) is 0 Å². The molecule has 0 unspecified atom stereocenters. The van der Waals surface area contributed by atoms with Crippen molar-refractivity contribution in [2.75, 3.05) is 37.8 Å². The molecule has 0 spiro atoms. The molecule has 0 atom stereocenters. The largest absolute Gasteiger partial charge is 0.351 e. The molecule has 180 valence electrons. The zero-order chi connectivity index (χ0) is 25.0. The van der Waals surface area contributed by atoms with Crippen molar-refractivity contribution >= 4 is 56.1 Å². The summed E-state index contributed by atoms with van der Waals surface area (Å²) in [6.45, 7) is 4.97. The third kappa shape index (κ3) is 5.91. The molecule has 10 nitrogen and oxygen atoms in total. The van der Waals surface area contributed by atoms with Gasteiger partial charge in [-0.15, -0.1) is 0 Å². The Hall–Kier alpha value is -3.44. The maximum absolute atomic E-state index is 12.9. The van der Waals surface area contributed by atoms with E-state index in [4.69, 9.17) is 0 Å². The van der Waals surface area contributed by atoms with Crippen LogP contribution in [0.5, 0.6) is 0 Å². The second-order valence-corrected chi connectivity index (χ2v) is 9.08. The summed E-state index contributed by atoms with van der Waals surface area (Å²) in [7, 11) is 7.39. The van der Waals surface area contributed by atoms with Gasteiger partial charge in [-0.25, -0.2) is 0 Å². The smallest absolute Gasteiger partial charge is 0.273 e. The van der Waals surface area contributed by atoms with E-state index in [-0.39, 0.29) is 28.0 Å². The van der Waals surface area contributed by atoms with Crippen LogP contribution in [0.15, 0.2) is 41.4 Å². The van der Waals surface area contributed by atoms with Crippen LogP contribution in [0.25, 0.3) is 10.9 Å². The number of hydrogen-bond donors (Lipinski definition) is 3. The predicted molar refractivity (Wildman–Crippen MR) is 136 cm³/mol. The number of fused-ring (bicyclic) bond motifs is 1. The molecular weight excluding hydrogens is 502 g/mol. The van der Waals surface area contributed by atoms with Crippen LogP contribution in [-0.2, 0) is 18.9 Å². The standard InChI is InChI=1S/C23H28BrN7O3/c1-14(24)21(32)26-16-7-8-17-15(11-16)12-18(30(17)4)23(34)27-20-13-19(31(5)28-20)22(33)25-9-6-10-29(2)3/h7-8,11-13H,1,6,9-10H2,2-5H3,(H,25,33)(H,26,32)(H,27,28,34). The molecule has 0 aliphatic carbocycles. The number of aromatic nitrogens is 3. The van der Waals surface area contributed by atoms with Crippen molar-refractivity contribution < 1.29 is 14.4 Å². The van der Waals surface area contributed by atoms with Gasteiger partial charge in [0.25, 0.3) is 17.7 Å². The van der Waals surface area contributed by atoms with Crippen LogP contribution in [-0.4, -0.2) is 64.2 Å². The molecule has 0 radical (unpaired) electrons. The van der Waals surface area contributed by atoms with E-state index in [2.05, 4.69) is 43.6 Å². The van der Waals surface area contributed by atoms with Crippen molar-refractivity contribution in [2.45, 2.75) is 6.42 Å². The van der Waals surface area contributed by atoms with Gasteiger partial charge in [0.2, 0.25) is 0 Å². The van der Waals surface area contributed by atoms with Gasteiger partial charge in [0.05, 0.1) is 4.48 Å². The van der Waals surface area contributed by atoms with Gasteiger partial charge in [0.15, 0.2) is 5.82 Å². The predicted octanol–water partition coefficient (Wildman–Crippen LogP) is 2.69. The molecule has 0 bridgehead atoms. The third-order valence-electron chi connectivity index (χ3n) is 5.20. The molecule has 3 aromatic rings. The van der Waals surface area contributed by atoms with Gasteiger partial charge in [0, 0.05) is 43.3 Å². The second-order valence-electron chi connectivity index (χ2n) is 8.13. The summed E-state index contributed by atoms with van der Waals surface area (Å²) in [5, 5.41) is 13.4. The fourth-order valence-electron chi connectivity index (χ4n) is 3.45. The highest BCUT2D eigenvalue weighted by Crippen LogP contribution is 2.24. The Kier molecular flexibility index (Phi) is 7.90. The molecule has 2 aromatic heterocycles. The highest BCUT2D eigenvalue weighted by molar-refractivity contribution is 9.12. The minimum absolute atomic E-state index is 0.220. The van der Waals surface area contributed by atoms with Crippen LogP contribution in [0.4, 0.5) is 11.5 Å². The normalized spacial score (nSPS) is 11.0. The number of benzene rings is 1. The highest BCUT2D eigenvalue weighted by Gasteiger charge is 2.18. The number of hydrogen-bond acceptors (Lipinski definition) is 5. The minimum Gasteiger partial charge on any atom is -0.351 e. The molecular formula is C23H28BrN7O3. The number of amides is 3. The molecule has 34 heavy (non-hydrogen) atoms. The first-order valence-electron chi connectivity index (χ1n) is 10.6. The van der Waals surface area contributed by atoms with E-state index in [0.717, 1.165) is 23.9 Å². The summed E-state index contributed by atoms with van der Waals surface area (Å²) in [5.74, 6) is -0.685. The second kappa shape index (κ2) is 10.7. The van der Waals surface area contributed by atoms with Crippen molar-refractivity contribution in [1.29, 1.82) is 0 Å². The molecule has 0 fully saturated rings. The Balaban J connectivity index is 1.71. The van der Waals surface area contributed by atoms with Crippen LogP contribution < -0.4 is 16.0 Å². The first-order valence-corrected chi connectivity index (χ1v) is 11.4. The van der Waals surface area contributed by atoms with E-state index >= 15 is 0 Å². The Labute approximate surface area is 206 Å². The lowest BCUT2D eigenvalue weighted by atomic mass is 10.2. The van der Waals surface area contributed by atoms with Crippen LogP contribution >= 0.6 is 15.9 Å². The lowest BCUT2D eigenvalue weighted by Crippen LogP contribution is -2.28. The number of rotatable bonds is 9. The number of carbonyl (C=O) groups is 3. The Bertz CT molecular complexity index is 1260. The van der Waals surface area contributed by atoms with Gasteiger partial charge in [0.1, 0.15) is 11.4 Å². The average molecular weight is 530 g/mol. The van der Waals surface area contributed by atoms with Crippen LogP contribution in [0.1, 0.15) is 27.4 Å². The van der Waals surface area contributed by atoms with E-state index < -0.39 is 0 Å². The molecule has 1 aromatic carbocycles. The lowest BCUT2D eigenvalue weighted by Gasteiger charge is -2.09. The summed E-state index contributed by atoms with van der Waals surface area (Å²) in [6.07, 6.45) is 0.831. The van der Waals surface area contributed by atoms with Gasteiger partial charge in [-0.3, -0.25) is 19.1 Å². The quantitative estimate of drug-likeness (QED) is 0.291. The Morgan fingerprint density at radius 1 is 1.06 bits per heavy atom. The number of halogens is 1. The van der Waals surface area contributed by atoms with Gasteiger partial charge in [-0.05, 0) is 67.3 Å². The molecule has 0 aliphatic rings. The van der Waals surface area contributed by atoms with Crippen molar-refractivity contribution in [1.82, 2.24) is 24.6 Å². The Morgan fingerprint density at radius 3 is 2.47 bits per heavy atom. The SMILES string of the molecule is C=C(Br)C(=O)Nc1ccc2c(c1)cc(C(=O)Nc1cc(C(=O)NCCCN(C)C)n(C)n1)n2C. The third-order valence-corrected chi connectivity index (χ3v) is 5.56. The lowest BCUT2D eigenvalue weighted by molar-refractivity contribution is -0.112. The van der Waals surface area contributed by atoms with E-state index in [1.54, 1.807) is 42.9 Å². The number of nitrogens with one attached hydrogen (secondary N) is 3. The fraction of sp³-hybridized carbons (Fsp3) is 0.304. The van der Waals surface area contributed by atoms with E-state index in [1.807, 2.05) is 25.1 Å². The first-order chi connectivity index (χ1) is 16.1. The monoisotopic (exact) mass is 529 g/mol.